The van der Waals surface area contributed by atoms with E-state index in [-0.39, 0.29) is 0 Å². The molecule has 0 N–H and O–H groups in total. The number of hydrogen-bond acceptors (Lipinski definition) is 4. The van der Waals surface area contributed by atoms with Gasteiger partial charge >= 0.3 is 0 Å². The summed E-state index contributed by atoms with van der Waals surface area (Å²) in [6, 6.07) is 10.4. The van der Waals surface area contributed by atoms with Gasteiger partial charge in [-0.1, -0.05) is 0 Å². The van der Waals surface area contributed by atoms with Crippen LogP contribution in [0.2, 0.25) is 24.2 Å². The largest absolute Gasteiger partial charge is 0.199 e. The Morgan fingerprint density at radius 2 is 1.07 bits per heavy atom. The Labute approximate surface area is 91.0 Å². The van der Waals surface area contributed by atoms with E-state index in [2.05, 4.69) is 12.1 Å². The molecule has 0 aromatic heterocycles. The topological polar surface area (TPSA) is 95.2 Å². The minimum atomic E-state index is -2.00. The van der Waals surface area contributed by atoms with Crippen LogP contribution in [0.25, 0.3) is 0 Å². The van der Waals surface area contributed by atoms with Gasteiger partial charge in [0.15, 0.2) is 0 Å². The van der Waals surface area contributed by atoms with Gasteiger partial charge in [0, 0.05) is 24.9 Å². The molecule has 0 spiro atoms. The summed E-state index contributed by atoms with van der Waals surface area (Å²) < 4.78 is 0. The first-order chi connectivity index (χ1) is 7.24. The Morgan fingerprint density at radius 3 is 1.33 bits per heavy atom. The summed E-state index contributed by atoms with van der Waals surface area (Å²) in [5.74, 6) is 0. The lowest BCUT2D eigenvalue weighted by Crippen LogP contribution is -2.32. The zero-order chi connectivity index (χ0) is 11.6. The number of nitriles is 4. The van der Waals surface area contributed by atoms with E-state index in [1.165, 1.54) is 0 Å². The fraction of sp³-hybridized carbons (Fsp3) is 0.600. The van der Waals surface area contributed by atoms with Crippen molar-refractivity contribution in [2.45, 2.75) is 37.0 Å². The average Bonchev–Trinajstić information content (AvgIpc) is 2.24. The van der Waals surface area contributed by atoms with Crippen LogP contribution in [0.15, 0.2) is 0 Å². The maximum Gasteiger partial charge on any atom is 0.0864 e. The fourth-order valence-electron chi connectivity index (χ4n) is 1.52. The van der Waals surface area contributed by atoms with Crippen molar-refractivity contribution in [2.75, 3.05) is 0 Å². The van der Waals surface area contributed by atoms with Crippen LogP contribution < -0.4 is 0 Å². The van der Waals surface area contributed by atoms with E-state index >= 15 is 0 Å². The van der Waals surface area contributed by atoms with Crippen LogP contribution in [0.4, 0.5) is 0 Å². The SMILES string of the molecule is N#CCC[Si](CC#N)(CC#N)CCC#N. The highest BCUT2D eigenvalue weighted by atomic mass is 28.3. The summed E-state index contributed by atoms with van der Waals surface area (Å²) >= 11 is 0. The monoisotopic (exact) mass is 216 g/mol. The lowest BCUT2D eigenvalue weighted by Gasteiger charge is -2.24. The van der Waals surface area contributed by atoms with Crippen LogP contribution in [0.3, 0.4) is 0 Å². The highest BCUT2D eigenvalue weighted by molar-refractivity contribution is 6.81. The normalized spacial score (nSPS) is 9.33. The van der Waals surface area contributed by atoms with E-state index in [4.69, 9.17) is 21.0 Å². The van der Waals surface area contributed by atoms with Crippen molar-refractivity contribution in [1.29, 1.82) is 21.0 Å². The molecule has 0 amide bonds. The molecule has 0 aromatic carbocycles. The second kappa shape index (κ2) is 7.57. The van der Waals surface area contributed by atoms with Gasteiger partial charge in [0.2, 0.25) is 0 Å². The van der Waals surface area contributed by atoms with Crippen molar-refractivity contribution in [2.24, 2.45) is 0 Å². The van der Waals surface area contributed by atoms with Crippen molar-refractivity contribution in [1.82, 2.24) is 0 Å². The Balaban J connectivity index is 4.60. The van der Waals surface area contributed by atoms with Gasteiger partial charge in [-0.25, -0.2) is 0 Å². The molecule has 0 bridgehead atoms. The zero-order valence-corrected chi connectivity index (χ0v) is 9.53. The van der Waals surface area contributed by atoms with Gasteiger partial charge in [0.05, 0.1) is 32.4 Å². The molecule has 0 aliphatic carbocycles. The second-order valence-electron chi connectivity index (χ2n) is 3.49. The molecule has 0 saturated heterocycles. The molecule has 4 nitrogen and oxygen atoms in total. The van der Waals surface area contributed by atoms with E-state index in [1.54, 1.807) is 0 Å². The van der Waals surface area contributed by atoms with Crippen LogP contribution in [0.1, 0.15) is 12.8 Å². The Hall–Kier alpha value is -1.82. The van der Waals surface area contributed by atoms with Gasteiger partial charge in [-0.2, -0.15) is 21.0 Å². The maximum atomic E-state index is 8.74. The van der Waals surface area contributed by atoms with Gasteiger partial charge in [-0.05, 0) is 12.1 Å². The minimum absolute atomic E-state index is 0.379. The molecular weight excluding hydrogens is 204 g/mol. The lowest BCUT2D eigenvalue weighted by molar-refractivity contribution is 1.06. The highest BCUT2D eigenvalue weighted by Crippen LogP contribution is 2.27. The van der Waals surface area contributed by atoms with Crippen LogP contribution in [0.5, 0.6) is 0 Å². The van der Waals surface area contributed by atoms with Crippen molar-refractivity contribution in [3.05, 3.63) is 0 Å². The summed E-state index contributed by atoms with van der Waals surface area (Å²) in [5.41, 5.74) is 0. The molecule has 0 saturated carbocycles. The molecule has 0 aromatic rings. The van der Waals surface area contributed by atoms with Crippen molar-refractivity contribution in [3.63, 3.8) is 0 Å². The second-order valence-corrected chi connectivity index (χ2v) is 8.19. The van der Waals surface area contributed by atoms with E-state index in [0.29, 0.717) is 37.0 Å². The van der Waals surface area contributed by atoms with Crippen molar-refractivity contribution in [3.8, 4) is 24.3 Å². The van der Waals surface area contributed by atoms with Crippen LogP contribution >= 0.6 is 0 Å². The van der Waals surface area contributed by atoms with Crippen molar-refractivity contribution < 1.29 is 0 Å². The number of rotatable bonds is 6. The summed E-state index contributed by atoms with van der Waals surface area (Å²) in [6.07, 6.45) is 0.780. The van der Waals surface area contributed by atoms with Gasteiger partial charge in [0.25, 0.3) is 0 Å². The quantitative estimate of drug-likeness (QED) is 0.636. The summed E-state index contributed by atoms with van der Waals surface area (Å²) in [5, 5.41) is 34.5. The van der Waals surface area contributed by atoms with Gasteiger partial charge in [-0.3, -0.25) is 0 Å². The van der Waals surface area contributed by atoms with Gasteiger partial charge in [-0.15, -0.1) is 0 Å². The third-order valence-electron chi connectivity index (χ3n) is 2.44. The molecule has 76 valence electrons. The molecule has 0 aliphatic heterocycles. The molecule has 0 rings (SSSR count). The van der Waals surface area contributed by atoms with Gasteiger partial charge < -0.3 is 0 Å². The first kappa shape index (κ1) is 13.2. The third-order valence-corrected chi connectivity index (χ3v) is 6.88. The molecule has 0 aliphatic rings. The molecule has 0 heterocycles. The maximum absolute atomic E-state index is 8.74. The van der Waals surface area contributed by atoms with Crippen LogP contribution in [-0.2, 0) is 0 Å². The van der Waals surface area contributed by atoms with Crippen molar-refractivity contribution >= 4 is 8.07 Å². The highest BCUT2D eigenvalue weighted by Gasteiger charge is 2.31. The smallest absolute Gasteiger partial charge is 0.0864 e. The first-order valence-electron chi connectivity index (χ1n) is 4.72. The Bertz CT molecular complexity index is 314. The van der Waals surface area contributed by atoms with E-state index < -0.39 is 8.07 Å². The third kappa shape index (κ3) is 4.82. The zero-order valence-electron chi connectivity index (χ0n) is 8.53. The summed E-state index contributed by atoms with van der Waals surface area (Å²) in [6.45, 7) is 0. The fourth-order valence-corrected chi connectivity index (χ4v) is 4.56. The Morgan fingerprint density at radius 1 is 0.667 bits per heavy atom. The minimum Gasteiger partial charge on any atom is -0.199 e. The molecule has 0 fully saturated rings. The van der Waals surface area contributed by atoms with Gasteiger partial charge in [0.1, 0.15) is 0 Å². The number of hydrogen-bond donors (Lipinski definition) is 0. The standard InChI is InChI=1S/C10H12N4Si/c11-3-1-7-15(9-5-13,10-6-14)8-2-4-12/h1-2,7-10H2. The molecule has 15 heavy (non-hydrogen) atoms. The molecule has 5 heteroatoms. The Kier molecular flexibility index (Phi) is 6.65. The first-order valence-corrected chi connectivity index (χ1v) is 7.55. The summed E-state index contributed by atoms with van der Waals surface area (Å²) in [7, 11) is -2.00. The lowest BCUT2D eigenvalue weighted by atomic mass is 10.5. The van der Waals surface area contributed by atoms with E-state index in [0.717, 1.165) is 0 Å². The number of nitrogens with zero attached hydrogens (tertiary/aromatic N) is 4. The predicted molar refractivity (Wildman–Crippen MR) is 56.7 cm³/mol. The molecule has 0 radical (unpaired) electrons. The summed E-state index contributed by atoms with van der Waals surface area (Å²) in [4.78, 5) is 0. The molecular formula is C10H12N4Si. The molecule has 0 unspecified atom stereocenters. The van der Waals surface area contributed by atoms with Crippen LogP contribution in [0, 0.1) is 45.3 Å². The van der Waals surface area contributed by atoms with E-state index in [1.807, 2.05) is 12.1 Å². The molecule has 0 atom stereocenters. The predicted octanol–water partition coefficient (Wildman–Crippen LogP) is 2.31. The van der Waals surface area contributed by atoms with Crippen LogP contribution in [-0.4, -0.2) is 8.07 Å². The average molecular weight is 216 g/mol. The van der Waals surface area contributed by atoms with E-state index in [9.17, 15) is 0 Å².